The summed E-state index contributed by atoms with van der Waals surface area (Å²) >= 11 is 0. The molecule has 2 nitrogen and oxygen atoms in total. The Hall–Kier alpha value is -2.15. The van der Waals surface area contributed by atoms with E-state index in [2.05, 4.69) is 36.4 Å². The number of ether oxygens (including phenoxy) is 1. The van der Waals surface area contributed by atoms with E-state index in [1.54, 1.807) is 0 Å². The number of benzene rings is 3. The zero-order valence-electron chi connectivity index (χ0n) is 16.5. The molecule has 0 heterocycles. The number of carbonyl (C=O) groups excluding carboxylic acids is 1. The van der Waals surface area contributed by atoms with Crippen LogP contribution in [-0.4, -0.2) is 17.7 Å². The fourth-order valence-electron chi connectivity index (χ4n) is 3.34. The number of hydrogen-bond acceptors (Lipinski definition) is 2. The van der Waals surface area contributed by atoms with E-state index in [-0.39, 0.29) is 18.4 Å². The minimum atomic E-state index is -2.17. The molecular weight excluding hydrogens is 387 g/mol. The summed E-state index contributed by atoms with van der Waals surface area (Å²) in [6, 6.07) is 31.1. The lowest BCUT2D eigenvalue weighted by Crippen LogP contribution is -3.00. The van der Waals surface area contributed by atoms with Crippen LogP contribution >= 0.6 is 7.26 Å². The van der Waals surface area contributed by atoms with Crippen LogP contribution in [0.3, 0.4) is 0 Å². The Morgan fingerprint density at radius 3 is 1.32 bits per heavy atom. The molecule has 0 unspecified atom stereocenters. The predicted octanol–water partition coefficient (Wildman–Crippen LogP) is 1.33. The highest BCUT2D eigenvalue weighted by molar-refractivity contribution is 7.96. The summed E-state index contributed by atoms with van der Waals surface area (Å²) in [5, 5.41) is 3.56. The molecule has 28 heavy (non-hydrogen) atoms. The molecule has 0 aliphatic rings. The van der Waals surface area contributed by atoms with Gasteiger partial charge in [-0.25, -0.2) is 4.79 Å². The summed E-state index contributed by atoms with van der Waals surface area (Å²) < 4.78 is 5.75. The van der Waals surface area contributed by atoms with Crippen molar-refractivity contribution in [2.75, 3.05) is 6.16 Å². The lowest BCUT2D eigenvalue weighted by Gasteiger charge is -2.28. The second kappa shape index (κ2) is 9.37. The lowest BCUT2D eigenvalue weighted by molar-refractivity contribution is -0.151. The normalized spacial score (nSPS) is 11.4. The summed E-state index contributed by atoms with van der Waals surface area (Å²) in [7, 11) is -2.17. The van der Waals surface area contributed by atoms with E-state index in [1.165, 1.54) is 15.9 Å². The summed E-state index contributed by atoms with van der Waals surface area (Å²) in [6.07, 6.45) is 0.350. The highest BCUT2D eigenvalue weighted by atomic mass is 35.5. The first-order chi connectivity index (χ1) is 12.9. The number of hydrogen-bond donors (Lipinski definition) is 0. The van der Waals surface area contributed by atoms with Crippen LogP contribution < -0.4 is 28.3 Å². The molecule has 0 amide bonds. The third-order valence-corrected chi connectivity index (χ3v) is 8.65. The van der Waals surface area contributed by atoms with Crippen LogP contribution in [0.4, 0.5) is 0 Å². The highest BCUT2D eigenvalue weighted by Gasteiger charge is 2.48. The van der Waals surface area contributed by atoms with Crippen molar-refractivity contribution in [1.82, 2.24) is 0 Å². The Bertz CT molecular complexity index is 778. The SMILES string of the molecule is CC(C)(C)OC(=O)C[P+](c1ccccc1)(c1ccccc1)c1ccccc1.[Cl-]. The van der Waals surface area contributed by atoms with E-state index in [4.69, 9.17) is 4.74 Å². The molecule has 0 bridgehead atoms. The van der Waals surface area contributed by atoms with Crippen molar-refractivity contribution >= 4 is 29.1 Å². The quantitative estimate of drug-likeness (QED) is 0.467. The molecule has 0 saturated heterocycles. The number of esters is 1. The Morgan fingerprint density at radius 2 is 1.04 bits per heavy atom. The number of carbonyl (C=O) groups is 1. The van der Waals surface area contributed by atoms with Gasteiger partial charge in [-0.05, 0) is 57.2 Å². The second-order valence-electron chi connectivity index (χ2n) is 7.56. The fraction of sp³-hybridized carbons (Fsp3) is 0.208. The van der Waals surface area contributed by atoms with Crippen LogP contribution in [0.1, 0.15) is 20.8 Å². The number of rotatable bonds is 5. The van der Waals surface area contributed by atoms with Crippen molar-refractivity contribution < 1.29 is 21.9 Å². The van der Waals surface area contributed by atoms with Gasteiger partial charge in [-0.1, -0.05) is 54.6 Å². The van der Waals surface area contributed by atoms with Gasteiger partial charge in [0, 0.05) is 0 Å². The predicted molar refractivity (Wildman–Crippen MR) is 116 cm³/mol. The lowest BCUT2D eigenvalue weighted by atomic mass is 10.2. The molecule has 3 aromatic rings. The molecule has 0 aromatic heterocycles. The van der Waals surface area contributed by atoms with Crippen LogP contribution in [0.5, 0.6) is 0 Å². The van der Waals surface area contributed by atoms with Crippen LogP contribution in [-0.2, 0) is 9.53 Å². The maximum absolute atomic E-state index is 13.0. The average Bonchev–Trinajstić information content (AvgIpc) is 2.67. The van der Waals surface area contributed by atoms with Crippen molar-refractivity contribution in [3.8, 4) is 0 Å². The molecule has 4 heteroatoms. The molecule has 0 saturated carbocycles. The van der Waals surface area contributed by atoms with E-state index in [0.717, 1.165) is 0 Å². The molecule has 0 atom stereocenters. The first-order valence-corrected chi connectivity index (χ1v) is 11.2. The zero-order chi connectivity index (χ0) is 19.3. The monoisotopic (exact) mass is 412 g/mol. The van der Waals surface area contributed by atoms with Gasteiger partial charge in [0.2, 0.25) is 0 Å². The maximum atomic E-state index is 13.0. The minimum Gasteiger partial charge on any atom is -1.00 e. The molecule has 146 valence electrons. The third kappa shape index (κ3) is 5.01. The first-order valence-electron chi connectivity index (χ1n) is 9.19. The molecular formula is C24H26ClO2P. The van der Waals surface area contributed by atoms with E-state index < -0.39 is 12.9 Å². The van der Waals surface area contributed by atoms with Crippen LogP contribution in [0, 0.1) is 0 Å². The van der Waals surface area contributed by atoms with Crippen LogP contribution in [0.2, 0.25) is 0 Å². The molecule has 3 aromatic carbocycles. The molecule has 0 N–H and O–H groups in total. The van der Waals surface area contributed by atoms with Crippen molar-refractivity contribution in [3.63, 3.8) is 0 Å². The van der Waals surface area contributed by atoms with Gasteiger partial charge in [0.15, 0.2) is 6.16 Å². The van der Waals surface area contributed by atoms with E-state index in [0.29, 0.717) is 6.16 Å². The van der Waals surface area contributed by atoms with Gasteiger partial charge in [0.1, 0.15) is 28.8 Å². The topological polar surface area (TPSA) is 26.3 Å². The van der Waals surface area contributed by atoms with Crippen molar-refractivity contribution in [2.45, 2.75) is 26.4 Å². The molecule has 0 fully saturated rings. The average molecular weight is 413 g/mol. The van der Waals surface area contributed by atoms with Gasteiger partial charge >= 0.3 is 5.97 Å². The Kier molecular flexibility index (Phi) is 7.41. The highest BCUT2D eigenvalue weighted by Crippen LogP contribution is 2.55. The summed E-state index contributed by atoms with van der Waals surface area (Å²) in [6.45, 7) is 5.75. The first kappa shape index (κ1) is 22.1. The summed E-state index contributed by atoms with van der Waals surface area (Å²) in [5.74, 6) is -0.160. The summed E-state index contributed by atoms with van der Waals surface area (Å²) in [4.78, 5) is 13.0. The summed E-state index contributed by atoms with van der Waals surface area (Å²) in [5.41, 5.74) is -0.503. The van der Waals surface area contributed by atoms with E-state index in [9.17, 15) is 4.79 Å². The second-order valence-corrected chi connectivity index (χ2v) is 11.0. The van der Waals surface area contributed by atoms with Crippen molar-refractivity contribution in [3.05, 3.63) is 91.0 Å². The van der Waals surface area contributed by atoms with Gasteiger partial charge in [0.25, 0.3) is 0 Å². The van der Waals surface area contributed by atoms with Gasteiger partial charge in [0.05, 0.1) is 0 Å². The fourth-order valence-corrected chi connectivity index (χ4v) is 7.27. The van der Waals surface area contributed by atoms with Crippen LogP contribution in [0.25, 0.3) is 0 Å². The molecule has 0 radical (unpaired) electrons. The molecule has 3 rings (SSSR count). The van der Waals surface area contributed by atoms with Gasteiger partial charge in [-0.3, -0.25) is 0 Å². The minimum absolute atomic E-state index is 0. The Morgan fingerprint density at radius 1 is 0.714 bits per heavy atom. The van der Waals surface area contributed by atoms with Crippen molar-refractivity contribution in [1.29, 1.82) is 0 Å². The van der Waals surface area contributed by atoms with Crippen molar-refractivity contribution in [2.24, 2.45) is 0 Å². The third-order valence-electron chi connectivity index (χ3n) is 4.38. The largest absolute Gasteiger partial charge is 1.00 e. The smallest absolute Gasteiger partial charge is 0.345 e. The van der Waals surface area contributed by atoms with Crippen LogP contribution in [0.15, 0.2) is 91.0 Å². The van der Waals surface area contributed by atoms with Gasteiger partial charge < -0.3 is 17.1 Å². The Balaban J connectivity index is 0.00000280. The zero-order valence-corrected chi connectivity index (χ0v) is 18.2. The van der Waals surface area contributed by atoms with E-state index >= 15 is 0 Å². The maximum Gasteiger partial charge on any atom is 0.345 e. The van der Waals surface area contributed by atoms with Gasteiger partial charge in [-0.15, -0.1) is 0 Å². The standard InChI is InChI=1S/C24H26O2P.ClH/c1-24(2,3)26-23(25)19-27(20-13-7-4-8-14-20,21-15-9-5-10-16-21)22-17-11-6-12-18-22;/h4-18H,19H2,1-3H3;1H/q+1;/p-1. The number of halogens is 1. The molecule has 0 aliphatic heterocycles. The van der Waals surface area contributed by atoms with E-state index in [1.807, 2.05) is 75.4 Å². The molecule has 0 aliphatic carbocycles. The molecule has 0 spiro atoms. The Labute approximate surface area is 174 Å². The van der Waals surface area contributed by atoms with Gasteiger partial charge in [-0.2, -0.15) is 0 Å².